The molecule has 1 aliphatic rings. The number of benzene rings is 1. The lowest BCUT2D eigenvalue weighted by Crippen LogP contribution is -2.25. The van der Waals surface area contributed by atoms with Crippen molar-refractivity contribution in [1.29, 1.82) is 0 Å². The molecule has 1 aliphatic carbocycles. The van der Waals surface area contributed by atoms with Crippen LogP contribution in [-0.4, -0.2) is 32.9 Å². The predicted octanol–water partition coefficient (Wildman–Crippen LogP) is 2.84. The molecule has 1 N–H and O–H groups in total. The van der Waals surface area contributed by atoms with Gasteiger partial charge in [0.1, 0.15) is 12.4 Å². The van der Waals surface area contributed by atoms with E-state index in [-0.39, 0.29) is 0 Å². The first-order chi connectivity index (χ1) is 8.84. The monoisotopic (exact) mass is 313 g/mol. The molecule has 0 bridgehead atoms. The molecule has 1 fully saturated rings. The minimum Gasteiger partial charge on any atom is -0.492 e. The lowest BCUT2D eigenvalue weighted by molar-refractivity contribution is 0.125. The number of rotatable bonds is 9. The number of halogens is 1. The van der Waals surface area contributed by atoms with E-state index in [1.165, 1.54) is 12.8 Å². The quantitative estimate of drug-likeness (QED) is 0.711. The molecule has 1 aromatic carbocycles. The molecule has 0 saturated heterocycles. The summed E-state index contributed by atoms with van der Waals surface area (Å²) in [6.45, 7) is 4.16. The van der Waals surface area contributed by atoms with Crippen LogP contribution >= 0.6 is 15.9 Å². The van der Waals surface area contributed by atoms with Gasteiger partial charge in [0, 0.05) is 24.2 Å². The Morgan fingerprint density at radius 2 is 2.06 bits per heavy atom. The topological polar surface area (TPSA) is 30.5 Å². The van der Waals surface area contributed by atoms with Gasteiger partial charge in [0.2, 0.25) is 0 Å². The van der Waals surface area contributed by atoms with Crippen LogP contribution in [0.4, 0.5) is 0 Å². The van der Waals surface area contributed by atoms with E-state index < -0.39 is 0 Å². The molecule has 0 aliphatic heterocycles. The summed E-state index contributed by atoms with van der Waals surface area (Å²) in [6.07, 6.45) is 2.71. The lowest BCUT2D eigenvalue weighted by Gasteiger charge is -2.08. The maximum atomic E-state index is 5.61. The number of ether oxygens (including phenoxy) is 2. The largest absolute Gasteiger partial charge is 0.492 e. The van der Waals surface area contributed by atoms with Crippen LogP contribution in [0.1, 0.15) is 12.8 Å². The van der Waals surface area contributed by atoms with E-state index in [1.54, 1.807) is 0 Å². The van der Waals surface area contributed by atoms with Gasteiger partial charge in [-0.3, -0.25) is 0 Å². The molecule has 0 aromatic heterocycles. The fourth-order valence-corrected chi connectivity index (χ4v) is 1.98. The van der Waals surface area contributed by atoms with Crippen molar-refractivity contribution in [1.82, 2.24) is 5.32 Å². The van der Waals surface area contributed by atoms with Gasteiger partial charge < -0.3 is 14.8 Å². The van der Waals surface area contributed by atoms with E-state index in [0.717, 1.165) is 42.4 Å². The van der Waals surface area contributed by atoms with Gasteiger partial charge >= 0.3 is 0 Å². The highest BCUT2D eigenvalue weighted by atomic mass is 79.9. The van der Waals surface area contributed by atoms with Gasteiger partial charge in [-0.25, -0.2) is 0 Å². The van der Waals surface area contributed by atoms with E-state index in [1.807, 2.05) is 24.3 Å². The van der Waals surface area contributed by atoms with Gasteiger partial charge in [0.05, 0.1) is 6.61 Å². The fraction of sp³-hybridized carbons (Fsp3) is 0.571. The van der Waals surface area contributed by atoms with Crippen molar-refractivity contribution < 1.29 is 9.47 Å². The van der Waals surface area contributed by atoms with Crippen molar-refractivity contribution in [3.63, 3.8) is 0 Å². The normalized spacial score (nSPS) is 14.7. The molecule has 0 radical (unpaired) electrons. The van der Waals surface area contributed by atoms with Crippen LogP contribution in [-0.2, 0) is 4.74 Å². The van der Waals surface area contributed by atoms with Gasteiger partial charge in [0.15, 0.2) is 0 Å². The second-order valence-electron chi connectivity index (χ2n) is 4.57. The molecule has 1 saturated carbocycles. The lowest BCUT2D eigenvalue weighted by atomic mass is 10.3. The van der Waals surface area contributed by atoms with Crippen molar-refractivity contribution in [3.8, 4) is 5.75 Å². The predicted molar refractivity (Wildman–Crippen MR) is 76.0 cm³/mol. The zero-order valence-corrected chi connectivity index (χ0v) is 12.1. The van der Waals surface area contributed by atoms with Gasteiger partial charge in [-0.2, -0.15) is 0 Å². The van der Waals surface area contributed by atoms with Gasteiger partial charge in [-0.05, 0) is 37.0 Å². The third-order valence-corrected chi connectivity index (χ3v) is 3.31. The van der Waals surface area contributed by atoms with Crippen LogP contribution in [0.25, 0.3) is 0 Å². The minimum atomic E-state index is 0.680. The van der Waals surface area contributed by atoms with Crippen molar-refractivity contribution in [2.75, 3.05) is 32.9 Å². The summed E-state index contributed by atoms with van der Waals surface area (Å²) in [5, 5.41) is 3.30. The maximum Gasteiger partial charge on any atom is 0.120 e. The van der Waals surface area contributed by atoms with E-state index in [2.05, 4.69) is 21.2 Å². The average molecular weight is 314 g/mol. The summed E-state index contributed by atoms with van der Waals surface area (Å²) < 4.78 is 12.2. The van der Waals surface area contributed by atoms with Crippen LogP contribution in [0.2, 0.25) is 0 Å². The SMILES string of the molecule is Brc1cccc(OCCNCCOCC2CC2)c1. The Labute approximate surface area is 117 Å². The summed E-state index contributed by atoms with van der Waals surface area (Å²) in [4.78, 5) is 0. The molecule has 0 atom stereocenters. The van der Waals surface area contributed by atoms with E-state index in [9.17, 15) is 0 Å². The highest BCUT2D eigenvalue weighted by molar-refractivity contribution is 9.10. The van der Waals surface area contributed by atoms with Gasteiger partial charge in [-0.15, -0.1) is 0 Å². The number of hydrogen-bond acceptors (Lipinski definition) is 3. The molecular weight excluding hydrogens is 294 g/mol. The summed E-state index contributed by atoms with van der Waals surface area (Å²) >= 11 is 3.42. The summed E-state index contributed by atoms with van der Waals surface area (Å²) in [6, 6.07) is 7.89. The first kappa shape index (κ1) is 13.8. The molecular formula is C14H20BrNO2. The van der Waals surface area contributed by atoms with Crippen LogP contribution in [0, 0.1) is 5.92 Å². The van der Waals surface area contributed by atoms with Gasteiger partial charge in [-0.1, -0.05) is 22.0 Å². The van der Waals surface area contributed by atoms with Crippen LogP contribution in [0.5, 0.6) is 5.75 Å². The van der Waals surface area contributed by atoms with Crippen molar-refractivity contribution in [2.45, 2.75) is 12.8 Å². The Bertz CT molecular complexity index is 355. The Morgan fingerprint density at radius 1 is 1.22 bits per heavy atom. The summed E-state index contributed by atoms with van der Waals surface area (Å²) in [7, 11) is 0. The number of hydrogen-bond donors (Lipinski definition) is 1. The van der Waals surface area contributed by atoms with E-state index in [0.29, 0.717) is 6.61 Å². The first-order valence-corrected chi connectivity index (χ1v) is 7.31. The third kappa shape index (κ3) is 5.85. The van der Waals surface area contributed by atoms with Crippen LogP contribution in [0.3, 0.4) is 0 Å². The molecule has 100 valence electrons. The van der Waals surface area contributed by atoms with Crippen molar-refractivity contribution in [2.24, 2.45) is 5.92 Å². The molecule has 0 amide bonds. The smallest absolute Gasteiger partial charge is 0.120 e. The van der Waals surface area contributed by atoms with Crippen molar-refractivity contribution >= 4 is 15.9 Å². The van der Waals surface area contributed by atoms with Crippen LogP contribution < -0.4 is 10.1 Å². The Morgan fingerprint density at radius 3 is 2.83 bits per heavy atom. The Hall–Kier alpha value is -0.580. The molecule has 18 heavy (non-hydrogen) atoms. The van der Waals surface area contributed by atoms with Gasteiger partial charge in [0.25, 0.3) is 0 Å². The number of nitrogens with one attached hydrogen (secondary N) is 1. The third-order valence-electron chi connectivity index (χ3n) is 2.82. The molecule has 4 heteroatoms. The van der Waals surface area contributed by atoms with E-state index >= 15 is 0 Å². The summed E-state index contributed by atoms with van der Waals surface area (Å²) in [5.41, 5.74) is 0. The zero-order valence-electron chi connectivity index (χ0n) is 10.5. The maximum absolute atomic E-state index is 5.61. The first-order valence-electron chi connectivity index (χ1n) is 6.51. The second-order valence-corrected chi connectivity index (χ2v) is 5.49. The highest BCUT2D eigenvalue weighted by Gasteiger charge is 2.20. The van der Waals surface area contributed by atoms with Crippen LogP contribution in [0.15, 0.2) is 28.7 Å². The molecule has 1 aromatic rings. The fourth-order valence-electron chi connectivity index (χ4n) is 1.60. The molecule has 2 rings (SSSR count). The zero-order chi connectivity index (χ0) is 12.6. The molecule has 0 heterocycles. The molecule has 0 spiro atoms. The molecule has 3 nitrogen and oxygen atoms in total. The standard InChI is InChI=1S/C14H20BrNO2/c15-13-2-1-3-14(10-13)18-9-7-16-6-8-17-11-12-4-5-12/h1-3,10,12,16H,4-9,11H2. The molecule has 0 unspecified atom stereocenters. The van der Waals surface area contributed by atoms with Crippen molar-refractivity contribution in [3.05, 3.63) is 28.7 Å². The average Bonchev–Trinajstić information content (AvgIpc) is 3.17. The second kappa shape index (κ2) is 7.77. The Kier molecular flexibility index (Phi) is 5.97. The summed E-state index contributed by atoms with van der Waals surface area (Å²) in [5.74, 6) is 1.75. The highest BCUT2D eigenvalue weighted by Crippen LogP contribution is 2.28. The minimum absolute atomic E-state index is 0.680. The Balaban J connectivity index is 1.43. The van der Waals surface area contributed by atoms with E-state index in [4.69, 9.17) is 9.47 Å².